The summed E-state index contributed by atoms with van der Waals surface area (Å²) in [5, 5.41) is 13.0. The van der Waals surface area contributed by atoms with Gasteiger partial charge in [-0.1, -0.05) is 0 Å². The second-order valence-electron chi connectivity index (χ2n) is 4.35. The van der Waals surface area contributed by atoms with Crippen LogP contribution in [0.4, 0.5) is 11.5 Å². The Labute approximate surface area is 115 Å². The molecule has 0 bridgehead atoms. The standard InChI is InChI=1S/C10H14N4O5S/c1-6(5-20(2,18)19)13-10(15)8-3-7(14(16)17)4-12-9(8)11/h3-4,6H,5H2,1-2H3,(H2,11,12)(H,13,15). The highest BCUT2D eigenvalue weighted by molar-refractivity contribution is 7.90. The van der Waals surface area contributed by atoms with Crippen molar-refractivity contribution in [3.8, 4) is 0 Å². The van der Waals surface area contributed by atoms with Gasteiger partial charge in [0.05, 0.1) is 16.2 Å². The number of sulfone groups is 1. The van der Waals surface area contributed by atoms with E-state index in [-0.39, 0.29) is 22.8 Å². The van der Waals surface area contributed by atoms with Crippen molar-refractivity contribution < 1.29 is 18.1 Å². The van der Waals surface area contributed by atoms with Gasteiger partial charge in [-0.25, -0.2) is 13.4 Å². The van der Waals surface area contributed by atoms with Crippen LogP contribution < -0.4 is 11.1 Å². The molecule has 0 aliphatic rings. The summed E-state index contributed by atoms with van der Waals surface area (Å²) in [4.78, 5) is 25.4. The van der Waals surface area contributed by atoms with E-state index in [1.165, 1.54) is 6.92 Å². The van der Waals surface area contributed by atoms with Crippen molar-refractivity contribution in [1.82, 2.24) is 10.3 Å². The summed E-state index contributed by atoms with van der Waals surface area (Å²) in [5.41, 5.74) is 4.94. The average molecular weight is 302 g/mol. The Balaban J connectivity index is 2.92. The third kappa shape index (κ3) is 4.46. The van der Waals surface area contributed by atoms with Crippen molar-refractivity contribution in [1.29, 1.82) is 0 Å². The Hall–Kier alpha value is -2.23. The third-order valence-corrected chi connectivity index (χ3v) is 3.40. The molecule has 0 saturated heterocycles. The SMILES string of the molecule is CC(CS(C)(=O)=O)NC(=O)c1cc([N+](=O)[O-])cnc1N. The molecular weight excluding hydrogens is 288 g/mol. The van der Waals surface area contributed by atoms with E-state index in [0.717, 1.165) is 18.5 Å². The molecule has 0 saturated carbocycles. The lowest BCUT2D eigenvalue weighted by Gasteiger charge is -2.13. The predicted molar refractivity (Wildman–Crippen MR) is 71.9 cm³/mol. The van der Waals surface area contributed by atoms with Gasteiger partial charge in [0.25, 0.3) is 11.6 Å². The summed E-state index contributed by atoms with van der Waals surface area (Å²) in [6.45, 7) is 1.50. The van der Waals surface area contributed by atoms with E-state index in [9.17, 15) is 23.3 Å². The lowest BCUT2D eigenvalue weighted by molar-refractivity contribution is -0.385. The number of nitrogens with zero attached hydrogens (tertiary/aromatic N) is 2. The van der Waals surface area contributed by atoms with Gasteiger partial charge in [-0.2, -0.15) is 0 Å². The lowest BCUT2D eigenvalue weighted by atomic mass is 10.2. The number of amides is 1. The Morgan fingerprint density at radius 3 is 2.70 bits per heavy atom. The van der Waals surface area contributed by atoms with Gasteiger partial charge in [-0.15, -0.1) is 0 Å². The first kappa shape index (κ1) is 15.8. The number of hydrogen-bond donors (Lipinski definition) is 2. The number of carbonyl (C=O) groups excluding carboxylic acids is 1. The van der Waals surface area contributed by atoms with Gasteiger partial charge >= 0.3 is 0 Å². The van der Waals surface area contributed by atoms with E-state index >= 15 is 0 Å². The van der Waals surface area contributed by atoms with Gasteiger partial charge in [0.1, 0.15) is 21.9 Å². The molecule has 1 aromatic rings. The van der Waals surface area contributed by atoms with Crippen LogP contribution in [0.2, 0.25) is 0 Å². The summed E-state index contributed by atoms with van der Waals surface area (Å²) >= 11 is 0. The largest absolute Gasteiger partial charge is 0.383 e. The number of aromatic nitrogens is 1. The molecule has 0 radical (unpaired) electrons. The summed E-state index contributed by atoms with van der Waals surface area (Å²) in [6, 6.07) is 0.335. The number of pyridine rings is 1. The summed E-state index contributed by atoms with van der Waals surface area (Å²) in [7, 11) is -3.25. The molecule has 1 amide bonds. The second kappa shape index (κ2) is 5.82. The van der Waals surface area contributed by atoms with Crippen LogP contribution in [0, 0.1) is 10.1 Å². The molecule has 10 heteroatoms. The molecule has 20 heavy (non-hydrogen) atoms. The number of anilines is 1. The monoisotopic (exact) mass is 302 g/mol. The zero-order valence-electron chi connectivity index (χ0n) is 10.9. The molecule has 0 fully saturated rings. The van der Waals surface area contributed by atoms with Crippen molar-refractivity contribution in [2.24, 2.45) is 0 Å². The number of nitrogens with two attached hydrogens (primary N) is 1. The highest BCUT2D eigenvalue weighted by atomic mass is 32.2. The first-order valence-corrected chi connectivity index (χ1v) is 7.54. The first-order chi connectivity index (χ1) is 9.10. The molecule has 1 aromatic heterocycles. The maximum absolute atomic E-state index is 11.9. The Kier molecular flexibility index (Phi) is 4.61. The van der Waals surface area contributed by atoms with Crippen molar-refractivity contribution in [3.63, 3.8) is 0 Å². The smallest absolute Gasteiger partial charge is 0.288 e. The highest BCUT2D eigenvalue weighted by Gasteiger charge is 2.19. The van der Waals surface area contributed by atoms with Crippen LogP contribution >= 0.6 is 0 Å². The van der Waals surface area contributed by atoms with Crippen LogP contribution in [0.3, 0.4) is 0 Å². The van der Waals surface area contributed by atoms with Gasteiger partial charge in [0, 0.05) is 18.4 Å². The molecule has 1 rings (SSSR count). The van der Waals surface area contributed by atoms with Gasteiger partial charge in [0.2, 0.25) is 0 Å². The summed E-state index contributed by atoms with van der Waals surface area (Å²) < 4.78 is 22.2. The number of nitrogen functional groups attached to an aromatic ring is 1. The van der Waals surface area contributed by atoms with E-state index in [0.29, 0.717) is 0 Å². The molecule has 1 unspecified atom stereocenters. The number of rotatable bonds is 5. The normalized spacial score (nSPS) is 12.7. The van der Waals surface area contributed by atoms with Crippen LogP contribution in [0.25, 0.3) is 0 Å². The highest BCUT2D eigenvalue weighted by Crippen LogP contribution is 2.16. The second-order valence-corrected chi connectivity index (χ2v) is 6.54. The summed E-state index contributed by atoms with van der Waals surface area (Å²) in [6.07, 6.45) is 1.98. The van der Waals surface area contributed by atoms with Crippen LogP contribution in [0.1, 0.15) is 17.3 Å². The van der Waals surface area contributed by atoms with Crippen molar-refractivity contribution in [2.75, 3.05) is 17.7 Å². The van der Waals surface area contributed by atoms with Crippen molar-refractivity contribution >= 4 is 27.2 Å². The van der Waals surface area contributed by atoms with E-state index in [4.69, 9.17) is 5.73 Å². The molecular formula is C10H14N4O5S. The summed E-state index contributed by atoms with van der Waals surface area (Å²) in [5.74, 6) is -1.13. The number of nitrogens with one attached hydrogen (secondary N) is 1. The topological polar surface area (TPSA) is 145 Å². The molecule has 1 atom stereocenters. The quantitative estimate of drug-likeness (QED) is 0.562. The van der Waals surface area contributed by atoms with Crippen LogP contribution in [-0.2, 0) is 9.84 Å². The van der Waals surface area contributed by atoms with Gasteiger partial charge < -0.3 is 11.1 Å². The van der Waals surface area contributed by atoms with Gasteiger partial charge in [0.15, 0.2) is 0 Å². The number of nitro groups is 1. The van der Waals surface area contributed by atoms with Crippen LogP contribution in [-0.4, -0.2) is 42.3 Å². The zero-order chi connectivity index (χ0) is 15.5. The molecule has 3 N–H and O–H groups in total. The number of carbonyl (C=O) groups is 1. The van der Waals surface area contributed by atoms with E-state index < -0.39 is 26.7 Å². The fourth-order valence-corrected chi connectivity index (χ4v) is 2.53. The van der Waals surface area contributed by atoms with Crippen LogP contribution in [0.5, 0.6) is 0 Å². The maximum Gasteiger partial charge on any atom is 0.288 e. The predicted octanol–water partition coefficient (Wildman–Crippen LogP) is -0.265. The van der Waals surface area contributed by atoms with Gasteiger partial charge in [-0.05, 0) is 6.92 Å². The molecule has 1 heterocycles. The molecule has 0 aliphatic heterocycles. The molecule has 9 nitrogen and oxygen atoms in total. The minimum Gasteiger partial charge on any atom is -0.383 e. The molecule has 0 aliphatic carbocycles. The fraction of sp³-hybridized carbons (Fsp3) is 0.400. The van der Waals surface area contributed by atoms with Crippen molar-refractivity contribution in [2.45, 2.75) is 13.0 Å². The van der Waals surface area contributed by atoms with Crippen molar-refractivity contribution in [3.05, 3.63) is 27.9 Å². The number of hydrogen-bond acceptors (Lipinski definition) is 7. The molecule has 110 valence electrons. The zero-order valence-corrected chi connectivity index (χ0v) is 11.7. The van der Waals surface area contributed by atoms with E-state index in [1.807, 2.05) is 0 Å². The Morgan fingerprint density at radius 2 is 2.20 bits per heavy atom. The minimum atomic E-state index is -3.25. The molecule has 0 aromatic carbocycles. The Bertz CT molecular complexity index is 643. The Morgan fingerprint density at radius 1 is 1.60 bits per heavy atom. The lowest BCUT2D eigenvalue weighted by Crippen LogP contribution is -2.37. The van der Waals surface area contributed by atoms with E-state index in [1.54, 1.807) is 0 Å². The van der Waals surface area contributed by atoms with E-state index in [2.05, 4.69) is 10.3 Å². The molecule has 0 spiro atoms. The average Bonchev–Trinajstić information content (AvgIpc) is 2.26. The van der Waals surface area contributed by atoms with Gasteiger partial charge in [-0.3, -0.25) is 14.9 Å². The van der Waals surface area contributed by atoms with Crippen LogP contribution in [0.15, 0.2) is 12.3 Å². The minimum absolute atomic E-state index is 0.167. The first-order valence-electron chi connectivity index (χ1n) is 5.48. The third-order valence-electron chi connectivity index (χ3n) is 2.29. The maximum atomic E-state index is 11.9. The fourth-order valence-electron chi connectivity index (χ4n) is 1.54.